The van der Waals surface area contributed by atoms with Gasteiger partial charge in [-0.25, -0.2) is 0 Å². The Bertz CT molecular complexity index is 183. The van der Waals surface area contributed by atoms with Crippen molar-refractivity contribution in [3.05, 3.63) is 12.1 Å². The minimum absolute atomic E-state index is 0.304. The van der Waals surface area contributed by atoms with Gasteiger partial charge < -0.3 is 9.84 Å². The van der Waals surface area contributed by atoms with E-state index in [1.165, 1.54) is 11.3 Å². The Kier molecular flexibility index (Phi) is 1.95. The van der Waals surface area contributed by atoms with Crippen LogP contribution < -0.4 is 4.74 Å². The summed E-state index contributed by atoms with van der Waals surface area (Å²) in [5.74, 6) is 0. The van der Waals surface area contributed by atoms with E-state index in [2.05, 4.69) is 0 Å². The lowest BCUT2D eigenvalue weighted by molar-refractivity contribution is 0.350. The van der Waals surface area contributed by atoms with Gasteiger partial charge in [0.1, 0.15) is 0 Å². The normalized spacial score (nSPS) is 9.44. The lowest BCUT2D eigenvalue weighted by Gasteiger charge is -1.93. The van der Waals surface area contributed by atoms with Crippen molar-refractivity contribution >= 4 is 11.3 Å². The molecule has 0 spiro atoms. The molecule has 50 valence electrons. The van der Waals surface area contributed by atoms with Crippen molar-refractivity contribution < 1.29 is 9.84 Å². The fraction of sp³-hybridized carbons (Fsp3) is 0.333. The molecule has 0 bridgehead atoms. The molecule has 0 amide bonds. The molecule has 0 radical (unpaired) electrons. The highest BCUT2D eigenvalue weighted by atomic mass is 32.1. The molecule has 1 rings (SSSR count). The fourth-order valence-electron chi connectivity index (χ4n) is 0.530. The van der Waals surface area contributed by atoms with E-state index in [1.807, 2.05) is 6.92 Å². The van der Waals surface area contributed by atoms with E-state index >= 15 is 0 Å². The maximum atomic E-state index is 8.82. The van der Waals surface area contributed by atoms with Crippen molar-refractivity contribution in [2.75, 3.05) is 6.61 Å². The molecule has 0 saturated carbocycles. The van der Waals surface area contributed by atoms with Gasteiger partial charge in [0.25, 0.3) is 0 Å². The number of thiophene rings is 1. The van der Waals surface area contributed by atoms with E-state index in [9.17, 15) is 0 Å². The van der Waals surface area contributed by atoms with Gasteiger partial charge in [-0.1, -0.05) is 11.3 Å². The van der Waals surface area contributed by atoms with Gasteiger partial charge in [-0.2, -0.15) is 0 Å². The number of ether oxygens (including phenoxy) is 1. The molecular weight excluding hydrogens is 136 g/mol. The van der Waals surface area contributed by atoms with Crippen LogP contribution in [0.3, 0.4) is 0 Å². The molecule has 0 atom stereocenters. The Balaban J connectivity index is 2.61. The van der Waals surface area contributed by atoms with Gasteiger partial charge in [-0.05, 0) is 19.1 Å². The van der Waals surface area contributed by atoms with Crippen LogP contribution in [0.1, 0.15) is 6.92 Å². The molecule has 1 heterocycles. The summed E-state index contributed by atoms with van der Waals surface area (Å²) < 4.78 is 5.09. The summed E-state index contributed by atoms with van der Waals surface area (Å²) >= 11 is 1.25. The molecule has 0 aliphatic heterocycles. The van der Waals surface area contributed by atoms with E-state index in [1.54, 1.807) is 12.1 Å². The van der Waals surface area contributed by atoms with Crippen molar-refractivity contribution in [3.63, 3.8) is 0 Å². The molecule has 0 aliphatic rings. The van der Waals surface area contributed by atoms with Gasteiger partial charge in [-0.15, -0.1) is 0 Å². The van der Waals surface area contributed by atoms with Crippen LogP contribution in [0.4, 0.5) is 0 Å². The molecule has 1 N–H and O–H groups in total. The Morgan fingerprint density at radius 2 is 2.44 bits per heavy atom. The summed E-state index contributed by atoms with van der Waals surface area (Å²) in [6.07, 6.45) is 0. The molecule has 9 heavy (non-hydrogen) atoms. The van der Waals surface area contributed by atoms with Crippen molar-refractivity contribution in [2.24, 2.45) is 0 Å². The van der Waals surface area contributed by atoms with Gasteiger partial charge in [0.2, 0.25) is 0 Å². The monoisotopic (exact) mass is 144 g/mol. The second-order valence-corrected chi connectivity index (χ2v) is 2.55. The average Bonchev–Trinajstić information content (AvgIpc) is 2.17. The number of hydrogen-bond acceptors (Lipinski definition) is 3. The number of aromatic hydroxyl groups is 1. The Morgan fingerprint density at radius 1 is 1.67 bits per heavy atom. The molecule has 0 fully saturated rings. The zero-order valence-electron chi connectivity index (χ0n) is 5.13. The van der Waals surface area contributed by atoms with E-state index in [0.717, 1.165) is 5.06 Å². The average molecular weight is 144 g/mol. The molecule has 1 aromatic rings. The fourth-order valence-corrected chi connectivity index (χ4v) is 1.19. The quantitative estimate of drug-likeness (QED) is 0.686. The van der Waals surface area contributed by atoms with Crippen molar-refractivity contribution in [2.45, 2.75) is 6.92 Å². The SMILES string of the molecule is CCOc1ccc(O)s1. The maximum Gasteiger partial charge on any atom is 0.177 e. The summed E-state index contributed by atoms with van der Waals surface area (Å²) in [4.78, 5) is 0. The molecule has 0 unspecified atom stereocenters. The van der Waals surface area contributed by atoms with Crippen molar-refractivity contribution in [1.82, 2.24) is 0 Å². The Morgan fingerprint density at radius 3 is 2.89 bits per heavy atom. The highest BCUT2D eigenvalue weighted by Crippen LogP contribution is 2.28. The summed E-state index contributed by atoms with van der Waals surface area (Å²) in [5.41, 5.74) is 0. The molecule has 0 aromatic carbocycles. The third kappa shape index (κ3) is 1.61. The highest BCUT2D eigenvalue weighted by Gasteiger charge is 1.95. The molecule has 0 aliphatic carbocycles. The summed E-state index contributed by atoms with van der Waals surface area (Å²) in [6, 6.07) is 3.37. The van der Waals surface area contributed by atoms with Crippen LogP contribution in [0, 0.1) is 0 Å². The van der Waals surface area contributed by atoms with Gasteiger partial charge >= 0.3 is 0 Å². The minimum atomic E-state index is 0.304. The predicted molar refractivity (Wildman–Crippen MR) is 37.2 cm³/mol. The lowest BCUT2D eigenvalue weighted by atomic mass is 10.6. The zero-order chi connectivity index (χ0) is 6.69. The second-order valence-electron chi connectivity index (χ2n) is 1.53. The van der Waals surface area contributed by atoms with Crippen LogP contribution in [0.25, 0.3) is 0 Å². The summed E-state index contributed by atoms with van der Waals surface area (Å²) in [5, 5.41) is 9.90. The first kappa shape index (κ1) is 6.42. The third-order valence-electron chi connectivity index (χ3n) is 0.854. The summed E-state index contributed by atoms with van der Waals surface area (Å²) in [6.45, 7) is 2.57. The molecule has 2 nitrogen and oxygen atoms in total. The first-order chi connectivity index (χ1) is 4.33. The maximum absolute atomic E-state index is 8.82. The number of hydrogen-bond donors (Lipinski definition) is 1. The Hall–Kier alpha value is -0.700. The predicted octanol–water partition coefficient (Wildman–Crippen LogP) is 1.85. The minimum Gasteiger partial charge on any atom is -0.499 e. The molecule has 3 heteroatoms. The van der Waals surface area contributed by atoms with Gasteiger partial charge in [-0.3, -0.25) is 0 Å². The van der Waals surface area contributed by atoms with Crippen LogP contribution in [0.2, 0.25) is 0 Å². The lowest BCUT2D eigenvalue weighted by Crippen LogP contribution is -1.86. The number of rotatable bonds is 2. The first-order valence-electron chi connectivity index (χ1n) is 2.74. The van der Waals surface area contributed by atoms with Crippen LogP contribution in [0.5, 0.6) is 10.1 Å². The van der Waals surface area contributed by atoms with Crippen LogP contribution in [0.15, 0.2) is 12.1 Å². The van der Waals surface area contributed by atoms with Gasteiger partial charge in [0, 0.05) is 0 Å². The van der Waals surface area contributed by atoms with E-state index in [0.29, 0.717) is 11.7 Å². The zero-order valence-corrected chi connectivity index (χ0v) is 5.94. The largest absolute Gasteiger partial charge is 0.499 e. The third-order valence-corrected chi connectivity index (χ3v) is 1.65. The summed E-state index contributed by atoms with van der Waals surface area (Å²) in [7, 11) is 0. The van der Waals surface area contributed by atoms with Crippen LogP contribution in [-0.2, 0) is 0 Å². The van der Waals surface area contributed by atoms with E-state index in [-0.39, 0.29) is 0 Å². The van der Waals surface area contributed by atoms with Gasteiger partial charge in [0.05, 0.1) is 6.61 Å². The van der Waals surface area contributed by atoms with E-state index < -0.39 is 0 Å². The van der Waals surface area contributed by atoms with Gasteiger partial charge in [0.15, 0.2) is 10.1 Å². The molecule has 1 aromatic heterocycles. The highest BCUT2D eigenvalue weighted by molar-refractivity contribution is 7.15. The molecule has 0 saturated heterocycles. The second kappa shape index (κ2) is 2.73. The first-order valence-corrected chi connectivity index (χ1v) is 3.56. The van der Waals surface area contributed by atoms with Crippen LogP contribution in [-0.4, -0.2) is 11.7 Å². The van der Waals surface area contributed by atoms with Crippen molar-refractivity contribution in [3.8, 4) is 10.1 Å². The Labute approximate surface area is 57.7 Å². The standard InChI is InChI=1S/C6H8O2S/c1-2-8-6-4-3-5(7)9-6/h3-4,7H,2H2,1H3. The smallest absolute Gasteiger partial charge is 0.177 e. The van der Waals surface area contributed by atoms with Crippen LogP contribution >= 0.6 is 11.3 Å². The van der Waals surface area contributed by atoms with E-state index in [4.69, 9.17) is 9.84 Å². The molecular formula is C6H8O2S. The topological polar surface area (TPSA) is 29.5 Å². The van der Waals surface area contributed by atoms with Crippen molar-refractivity contribution in [1.29, 1.82) is 0 Å².